The van der Waals surface area contributed by atoms with E-state index in [9.17, 15) is 13.6 Å². The van der Waals surface area contributed by atoms with Crippen molar-refractivity contribution >= 4 is 21.4 Å². The minimum absolute atomic E-state index is 0.00621. The Morgan fingerprint density at radius 2 is 1.71 bits per heavy atom. The van der Waals surface area contributed by atoms with Crippen LogP contribution < -0.4 is 4.90 Å². The summed E-state index contributed by atoms with van der Waals surface area (Å²) in [6.45, 7) is 6.34. The molecule has 2 heterocycles. The smallest absolute Gasteiger partial charge is 0.211 e. The molecule has 8 heteroatoms. The molecule has 4 rings (SSSR count). The van der Waals surface area contributed by atoms with Crippen molar-refractivity contribution in [2.24, 2.45) is 5.16 Å². The van der Waals surface area contributed by atoms with Crippen LogP contribution in [0.2, 0.25) is 0 Å². The van der Waals surface area contributed by atoms with Crippen molar-refractivity contribution in [3.63, 3.8) is 0 Å². The Hall–Kier alpha value is -3.23. The third-order valence-corrected chi connectivity index (χ3v) is 7.98. The van der Waals surface area contributed by atoms with E-state index in [1.54, 1.807) is 6.20 Å². The first-order valence-electron chi connectivity index (χ1n) is 11.8. The molecule has 0 spiro atoms. The van der Waals surface area contributed by atoms with E-state index in [-0.39, 0.29) is 5.92 Å². The molecule has 184 valence electrons. The fraction of sp³-hybridized carbons (Fsp3) is 0.333. The van der Waals surface area contributed by atoms with Crippen molar-refractivity contribution in [2.75, 3.05) is 37.3 Å². The first-order valence-corrected chi connectivity index (χ1v) is 13.6. The Balaban J connectivity index is 1.60. The van der Waals surface area contributed by atoms with Gasteiger partial charge in [-0.3, -0.25) is 4.98 Å². The van der Waals surface area contributed by atoms with Crippen LogP contribution in [-0.4, -0.2) is 61.1 Å². The standard InChI is InChI=1S/C27H32N4O3S/c1-20-6-4-5-7-25(20)26(19-27(29-32)23-12-13-28-21(2)18-23)22-8-10-24(11-9-22)30-14-16-31(17-15-30)35(3,33)34/h4-13,18,26,32H,14-17,19H2,1-3H3. The number of oxime groups is 1. The molecule has 3 aromatic rings. The summed E-state index contributed by atoms with van der Waals surface area (Å²) >= 11 is 0. The van der Waals surface area contributed by atoms with E-state index in [1.165, 1.54) is 21.7 Å². The van der Waals surface area contributed by atoms with E-state index in [4.69, 9.17) is 0 Å². The molecule has 1 aliphatic heterocycles. The highest BCUT2D eigenvalue weighted by molar-refractivity contribution is 7.88. The zero-order valence-corrected chi connectivity index (χ0v) is 21.2. The molecule has 1 atom stereocenters. The second-order valence-electron chi connectivity index (χ2n) is 9.09. The van der Waals surface area contributed by atoms with Gasteiger partial charge in [0.15, 0.2) is 0 Å². The van der Waals surface area contributed by atoms with Crippen LogP contribution >= 0.6 is 0 Å². The normalized spacial score (nSPS) is 16.3. The molecule has 1 fully saturated rings. The number of benzene rings is 2. The maximum absolute atomic E-state index is 11.8. The van der Waals surface area contributed by atoms with Crippen LogP contribution in [0.3, 0.4) is 0 Å². The summed E-state index contributed by atoms with van der Waals surface area (Å²) in [5, 5.41) is 13.6. The third kappa shape index (κ3) is 5.89. The van der Waals surface area contributed by atoms with Gasteiger partial charge >= 0.3 is 0 Å². The molecule has 0 bridgehead atoms. The Labute approximate surface area is 207 Å². The van der Waals surface area contributed by atoms with Crippen molar-refractivity contribution in [2.45, 2.75) is 26.2 Å². The minimum Gasteiger partial charge on any atom is -0.411 e. The molecule has 1 N–H and O–H groups in total. The number of anilines is 1. The molecule has 0 radical (unpaired) electrons. The second-order valence-corrected chi connectivity index (χ2v) is 11.1. The molecule has 2 aromatic carbocycles. The van der Waals surface area contributed by atoms with E-state index in [2.05, 4.69) is 58.4 Å². The molecular formula is C27H32N4O3S. The summed E-state index contributed by atoms with van der Waals surface area (Å²) in [6.07, 6.45) is 3.54. The number of hydrogen-bond donors (Lipinski definition) is 1. The lowest BCUT2D eigenvalue weighted by atomic mass is 9.83. The summed E-state index contributed by atoms with van der Waals surface area (Å²) in [7, 11) is -3.15. The first-order chi connectivity index (χ1) is 16.8. The van der Waals surface area contributed by atoms with Gasteiger partial charge in [0.2, 0.25) is 10.0 Å². The largest absolute Gasteiger partial charge is 0.411 e. The van der Waals surface area contributed by atoms with Crippen LogP contribution in [-0.2, 0) is 10.0 Å². The summed E-state index contributed by atoms with van der Waals surface area (Å²) in [4.78, 5) is 6.48. The van der Waals surface area contributed by atoms with Gasteiger partial charge in [0.1, 0.15) is 0 Å². The average molecular weight is 493 g/mol. The van der Waals surface area contributed by atoms with Gasteiger partial charge in [0.05, 0.1) is 12.0 Å². The van der Waals surface area contributed by atoms with E-state index in [0.717, 1.165) is 22.5 Å². The topological polar surface area (TPSA) is 86.1 Å². The summed E-state index contributed by atoms with van der Waals surface area (Å²) in [6, 6.07) is 20.6. The van der Waals surface area contributed by atoms with Gasteiger partial charge in [-0.2, -0.15) is 4.31 Å². The maximum atomic E-state index is 11.8. The summed E-state index contributed by atoms with van der Waals surface area (Å²) in [5.41, 5.74) is 6.92. The van der Waals surface area contributed by atoms with Gasteiger partial charge < -0.3 is 10.1 Å². The third-order valence-electron chi connectivity index (χ3n) is 6.68. The first kappa shape index (κ1) is 24.9. The van der Waals surface area contributed by atoms with Crippen LogP contribution in [0.4, 0.5) is 5.69 Å². The fourth-order valence-electron chi connectivity index (χ4n) is 4.72. The Bertz CT molecular complexity index is 1300. The van der Waals surface area contributed by atoms with Crippen LogP contribution in [0.5, 0.6) is 0 Å². The highest BCUT2D eigenvalue weighted by atomic mass is 32.2. The highest BCUT2D eigenvalue weighted by Gasteiger charge is 2.24. The quantitative estimate of drug-likeness (QED) is 0.304. The molecular weight excluding hydrogens is 460 g/mol. The van der Waals surface area contributed by atoms with Gasteiger partial charge in [-0.05, 0) is 54.8 Å². The molecule has 0 saturated carbocycles. The lowest BCUT2D eigenvalue weighted by Gasteiger charge is -2.35. The van der Waals surface area contributed by atoms with Gasteiger partial charge in [0.25, 0.3) is 0 Å². The van der Waals surface area contributed by atoms with Crippen LogP contribution in [0.1, 0.15) is 40.3 Å². The van der Waals surface area contributed by atoms with Crippen LogP contribution in [0.15, 0.2) is 72.0 Å². The molecule has 1 aromatic heterocycles. The number of hydrogen-bond acceptors (Lipinski definition) is 6. The predicted octanol–water partition coefficient (Wildman–Crippen LogP) is 4.18. The SMILES string of the molecule is Cc1cc(C(CC(c2ccc(N3CCN(S(C)(=O)=O)CC3)cc2)c2ccccc2C)=NO)ccn1. The average Bonchev–Trinajstić information content (AvgIpc) is 2.85. The van der Waals surface area contributed by atoms with E-state index >= 15 is 0 Å². The minimum atomic E-state index is -3.15. The van der Waals surface area contributed by atoms with E-state index in [1.807, 2.05) is 31.2 Å². The molecule has 7 nitrogen and oxygen atoms in total. The number of piperazine rings is 1. The van der Waals surface area contributed by atoms with Crippen molar-refractivity contribution < 1.29 is 13.6 Å². The van der Waals surface area contributed by atoms with Crippen molar-refractivity contribution in [1.82, 2.24) is 9.29 Å². The van der Waals surface area contributed by atoms with Crippen molar-refractivity contribution in [3.8, 4) is 0 Å². The number of pyridine rings is 1. The number of rotatable bonds is 7. The lowest BCUT2D eigenvalue weighted by molar-refractivity contribution is 0.317. The van der Waals surface area contributed by atoms with Crippen LogP contribution in [0, 0.1) is 13.8 Å². The van der Waals surface area contributed by atoms with E-state index in [0.29, 0.717) is 38.3 Å². The van der Waals surface area contributed by atoms with Gasteiger partial charge in [-0.25, -0.2) is 8.42 Å². The van der Waals surface area contributed by atoms with Crippen molar-refractivity contribution in [3.05, 3.63) is 94.8 Å². The molecule has 35 heavy (non-hydrogen) atoms. The monoisotopic (exact) mass is 492 g/mol. The Morgan fingerprint density at radius 1 is 1.03 bits per heavy atom. The number of sulfonamides is 1. The number of nitrogens with zero attached hydrogens (tertiary/aromatic N) is 4. The Kier molecular flexibility index (Phi) is 7.52. The summed E-state index contributed by atoms with van der Waals surface area (Å²) < 4.78 is 25.2. The van der Waals surface area contributed by atoms with E-state index < -0.39 is 10.0 Å². The predicted molar refractivity (Wildman–Crippen MR) is 140 cm³/mol. The van der Waals surface area contributed by atoms with Gasteiger partial charge in [-0.15, -0.1) is 0 Å². The Morgan fingerprint density at radius 3 is 2.31 bits per heavy atom. The second kappa shape index (κ2) is 10.6. The molecule has 1 aliphatic rings. The lowest BCUT2D eigenvalue weighted by Crippen LogP contribution is -2.48. The molecule has 1 unspecified atom stereocenters. The zero-order valence-electron chi connectivity index (χ0n) is 20.4. The zero-order chi connectivity index (χ0) is 25.0. The van der Waals surface area contributed by atoms with Crippen LogP contribution in [0.25, 0.3) is 0 Å². The van der Waals surface area contributed by atoms with Gasteiger partial charge in [0, 0.05) is 61.7 Å². The number of aryl methyl sites for hydroxylation is 2. The number of aromatic nitrogens is 1. The van der Waals surface area contributed by atoms with Gasteiger partial charge in [-0.1, -0.05) is 41.6 Å². The highest BCUT2D eigenvalue weighted by Crippen LogP contribution is 2.33. The fourth-order valence-corrected chi connectivity index (χ4v) is 5.54. The maximum Gasteiger partial charge on any atom is 0.211 e. The summed E-state index contributed by atoms with van der Waals surface area (Å²) in [5.74, 6) is 0.00621. The molecule has 0 amide bonds. The molecule has 1 saturated heterocycles. The molecule has 0 aliphatic carbocycles. The van der Waals surface area contributed by atoms with Crippen molar-refractivity contribution in [1.29, 1.82) is 0 Å².